The summed E-state index contributed by atoms with van der Waals surface area (Å²) in [6.45, 7) is 1.69. The molecule has 0 unspecified atom stereocenters. The van der Waals surface area contributed by atoms with Gasteiger partial charge in [0.25, 0.3) is 0 Å². The number of hydrogen-bond acceptors (Lipinski definition) is 3. The van der Waals surface area contributed by atoms with Crippen LogP contribution in [0.5, 0.6) is 0 Å². The van der Waals surface area contributed by atoms with Crippen LogP contribution in [-0.2, 0) is 0 Å². The summed E-state index contributed by atoms with van der Waals surface area (Å²) in [6, 6.07) is 29.2. The first-order valence-electron chi connectivity index (χ1n) is 11.3. The van der Waals surface area contributed by atoms with E-state index in [-0.39, 0.29) is 0 Å². The quantitative estimate of drug-likeness (QED) is 0.260. The predicted octanol–water partition coefficient (Wildman–Crippen LogP) is 7.44. The van der Waals surface area contributed by atoms with Crippen LogP contribution in [-0.4, -0.2) is 34.0 Å². The summed E-state index contributed by atoms with van der Waals surface area (Å²) in [7, 11) is 0. The van der Waals surface area contributed by atoms with Crippen molar-refractivity contribution in [1.82, 2.24) is 4.90 Å². The molecular formula is C27H28ClN3S2. The normalized spacial score (nSPS) is 14.7. The lowest BCUT2D eigenvalue weighted by molar-refractivity contribution is 0.627. The maximum absolute atomic E-state index is 6.09. The SMILES string of the molecule is S=C(Nc1cccc(Cl)c1)N1CCS/C1=N/CCCCC(c1ccccc1)c1ccccc1. The van der Waals surface area contributed by atoms with E-state index in [0.29, 0.717) is 16.1 Å². The number of benzene rings is 3. The van der Waals surface area contributed by atoms with Crippen LogP contribution in [0, 0.1) is 0 Å². The van der Waals surface area contributed by atoms with E-state index in [2.05, 4.69) is 70.9 Å². The molecule has 1 saturated heterocycles. The minimum absolute atomic E-state index is 0.423. The lowest BCUT2D eigenvalue weighted by Crippen LogP contribution is -2.35. The second-order valence-corrected chi connectivity index (χ2v) is 9.86. The topological polar surface area (TPSA) is 27.6 Å². The third kappa shape index (κ3) is 6.83. The van der Waals surface area contributed by atoms with Crippen molar-refractivity contribution in [2.75, 3.05) is 24.2 Å². The van der Waals surface area contributed by atoms with Gasteiger partial charge in [-0.25, -0.2) is 0 Å². The third-order valence-corrected chi connectivity index (χ3v) is 7.20. The average molecular weight is 494 g/mol. The number of aliphatic imine (C=N–C) groups is 1. The van der Waals surface area contributed by atoms with E-state index in [0.717, 1.165) is 49.0 Å². The number of halogens is 1. The first-order chi connectivity index (χ1) is 16.2. The van der Waals surface area contributed by atoms with E-state index in [1.54, 1.807) is 11.8 Å². The molecule has 0 amide bonds. The van der Waals surface area contributed by atoms with Crippen molar-refractivity contribution < 1.29 is 0 Å². The van der Waals surface area contributed by atoms with Crippen LogP contribution in [0.25, 0.3) is 0 Å². The number of nitrogens with zero attached hydrogens (tertiary/aromatic N) is 2. The molecule has 3 aromatic carbocycles. The van der Waals surface area contributed by atoms with Gasteiger partial charge in [0.1, 0.15) is 0 Å². The molecule has 0 aliphatic carbocycles. The number of hydrogen-bond donors (Lipinski definition) is 1. The third-order valence-electron chi connectivity index (χ3n) is 5.65. The summed E-state index contributed by atoms with van der Waals surface area (Å²) in [6.07, 6.45) is 3.30. The van der Waals surface area contributed by atoms with Gasteiger partial charge in [0.2, 0.25) is 0 Å². The van der Waals surface area contributed by atoms with Crippen molar-refractivity contribution >= 4 is 51.5 Å². The Balaban J connectivity index is 1.31. The largest absolute Gasteiger partial charge is 0.332 e. The average Bonchev–Trinajstić information content (AvgIpc) is 3.31. The Kier molecular flexibility index (Phi) is 8.81. The van der Waals surface area contributed by atoms with E-state index in [1.165, 1.54) is 11.1 Å². The lowest BCUT2D eigenvalue weighted by atomic mass is 9.87. The molecule has 33 heavy (non-hydrogen) atoms. The van der Waals surface area contributed by atoms with Crippen LogP contribution in [0.15, 0.2) is 89.9 Å². The fourth-order valence-electron chi connectivity index (χ4n) is 4.01. The molecule has 0 aromatic heterocycles. The molecular weight excluding hydrogens is 466 g/mol. The van der Waals surface area contributed by atoms with Gasteiger partial charge in [-0.15, -0.1) is 0 Å². The molecule has 1 heterocycles. The van der Waals surface area contributed by atoms with Gasteiger partial charge in [-0.1, -0.05) is 96.5 Å². The van der Waals surface area contributed by atoms with E-state index in [1.807, 2.05) is 24.3 Å². The zero-order valence-corrected chi connectivity index (χ0v) is 20.9. The van der Waals surface area contributed by atoms with E-state index in [9.17, 15) is 0 Å². The Morgan fingerprint density at radius 1 is 0.970 bits per heavy atom. The second kappa shape index (κ2) is 12.2. The van der Waals surface area contributed by atoms with Gasteiger partial charge in [0.05, 0.1) is 0 Å². The molecule has 170 valence electrons. The van der Waals surface area contributed by atoms with E-state index < -0.39 is 0 Å². The Labute approximate surface area is 211 Å². The van der Waals surface area contributed by atoms with E-state index in [4.69, 9.17) is 28.8 Å². The molecule has 0 saturated carbocycles. The number of nitrogens with one attached hydrogen (secondary N) is 1. The fraction of sp³-hybridized carbons (Fsp3) is 0.259. The van der Waals surface area contributed by atoms with Crippen LogP contribution in [0.2, 0.25) is 5.02 Å². The molecule has 3 aromatic rings. The highest BCUT2D eigenvalue weighted by Crippen LogP contribution is 2.29. The molecule has 6 heteroatoms. The number of thiocarbonyl (C=S) groups is 1. The monoisotopic (exact) mass is 493 g/mol. The summed E-state index contributed by atoms with van der Waals surface area (Å²) in [5.74, 6) is 1.42. The summed E-state index contributed by atoms with van der Waals surface area (Å²) >= 11 is 13.5. The van der Waals surface area contributed by atoms with Crippen LogP contribution < -0.4 is 5.32 Å². The minimum Gasteiger partial charge on any atom is -0.332 e. The van der Waals surface area contributed by atoms with Crippen molar-refractivity contribution in [2.45, 2.75) is 25.2 Å². The Hall–Kier alpha value is -2.34. The molecule has 0 atom stereocenters. The maximum atomic E-state index is 6.09. The fourth-order valence-corrected chi connectivity index (χ4v) is 5.53. The Morgan fingerprint density at radius 3 is 2.33 bits per heavy atom. The predicted molar refractivity (Wildman–Crippen MR) is 148 cm³/mol. The van der Waals surface area contributed by atoms with Gasteiger partial charge in [-0.2, -0.15) is 0 Å². The summed E-state index contributed by atoms with van der Waals surface area (Å²) in [4.78, 5) is 6.97. The summed E-state index contributed by atoms with van der Waals surface area (Å²) < 4.78 is 0. The smallest absolute Gasteiger partial charge is 0.179 e. The standard InChI is InChI=1S/C27H28ClN3S2/c28-23-14-9-15-24(20-23)30-26(32)31-18-19-33-27(31)29-17-8-7-16-25(21-10-3-1-4-11-21)22-12-5-2-6-13-22/h1-6,9-15,20,25H,7-8,16-19H2,(H,30,32)/b29-27+. The second-order valence-electron chi connectivity index (χ2n) is 7.97. The molecule has 1 aliphatic rings. The van der Waals surface area contributed by atoms with Gasteiger partial charge in [-0.05, 0) is 54.4 Å². The zero-order chi connectivity index (χ0) is 22.9. The first kappa shape index (κ1) is 23.8. The zero-order valence-electron chi connectivity index (χ0n) is 18.5. The van der Waals surface area contributed by atoms with Crippen LogP contribution in [0.4, 0.5) is 5.69 Å². The molecule has 1 N–H and O–H groups in total. The van der Waals surface area contributed by atoms with E-state index >= 15 is 0 Å². The van der Waals surface area contributed by atoms with Crippen molar-refractivity contribution in [3.05, 3.63) is 101 Å². The van der Waals surface area contributed by atoms with Gasteiger partial charge in [0, 0.05) is 35.5 Å². The Morgan fingerprint density at radius 2 is 1.67 bits per heavy atom. The number of unbranched alkanes of at least 4 members (excludes halogenated alkanes) is 1. The highest BCUT2D eigenvalue weighted by Gasteiger charge is 2.23. The highest BCUT2D eigenvalue weighted by molar-refractivity contribution is 8.14. The molecule has 0 radical (unpaired) electrons. The van der Waals surface area contributed by atoms with Crippen molar-refractivity contribution in [2.24, 2.45) is 4.99 Å². The maximum Gasteiger partial charge on any atom is 0.179 e. The van der Waals surface area contributed by atoms with Crippen LogP contribution in [0.3, 0.4) is 0 Å². The first-order valence-corrected chi connectivity index (χ1v) is 13.1. The van der Waals surface area contributed by atoms with Crippen molar-refractivity contribution in [3.8, 4) is 0 Å². The Bertz CT molecular complexity index is 1030. The van der Waals surface area contributed by atoms with Gasteiger partial charge >= 0.3 is 0 Å². The van der Waals surface area contributed by atoms with Gasteiger partial charge < -0.3 is 5.32 Å². The molecule has 1 aliphatic heterocycles. The van der Waals surface area contributed by atoms with Crippen molar-refractivity contribution in [3.63, 3.8) is 0 Å². The number of thioether (sulfide) groups is 1. The minimum atomic E-state index is 0.423. The van der Waals surface area contributed by atoms with Crippen molar-refractivity contribution in [1.29, 1.82) is 0 Å². The molecule has 3 nitrogen and oxygen atoms in total. The van der Waals surface area contributed by atoms with Gasteiger partial charge in [0.15, 0.2) is 10.3 Å². The number of amidine groups is 1. The van der Waals surface area contributed by atoms with Crippen LogP contribution >= 0.6 is 35.6 Å². The molecule has 0 bridgehead atoms. The molecule has 0 spiro atoms. The summed E-state index contributed by atoms with van der Waals surface area (Å²) in [5, 5.41) is 5.66. The van der Waals surface area contributed by atoms with Crippen LogP contribution in [0.1, 0.15) is 36.3 Å². The summed E-state index contributed by atoms with van der Waals surface area (Å²) in [5.41, 5.74) is 3.66. The molecule has 1 fully saturated rings. The number of anilines is 1. The number of rotatable bonds is 8. The van der Waals surface area contributed by atoms with Gasteiger partial charge in [-0.3, -0.25) is 9.89 Å². The lowest BCUT2D eigenvalue weighted by Gasteiger charge is -2.20. The highest BCUT2D eigenvalue weighted by atomic mass is 35.5. The molecule has 4 rings (SSSR count).